The lowest BCUT2D eigenvalue weighted by molar-refractivity contribution is 0.792. The number of nitrogens with two attached hydrogens (primary N) is 1. The van der Waals surface area contributed by atoms with E-state index in [4.69, 9.17) is 5.73 Å². The lowest BCUT2D eigenvalue weighted by Gasteiger charge is -2.00. The summed E-state index contributed by atoms with van der Waals surface area (Å²) in [5, 5.41) is 3.01. The highest BCUT2D eigenvalue weighted by Crippen LogP contribution is 1.97. The minimum atomic E-state index is 0.474. The maximum Gasteiger partial charge on any atom is 0.0483 e. The lowest BCUT2D eigenvalue weighted by Crippen LogP contribution is -2.27. The zero-order valence-electron chi connectivity index (χ0n) is 8.51. The highest BCUT2D eigenvalue weighted by atomic mass is 15.0. The summed E-state index contributed by atoms with van der Waals surface area (Å²) in [5.74, 6) is 0. The summed E-state index contributed by atoms with van der Waals surface area (Å²) in [4.78, 5) is 4.10. The molecule has 0 aliphatic rings. The summed E-state index contributed by atoms with van der Waals surface area (Å²) in [6.07, 6.45) is 4.92. The van der Waals surface area contributed by atoms with Gasteiger partial charge in [0.1, 0.15) is 0 Å². The van der Waals surface area contributed by atoms with E-state index < -0.39 is 0 Å². The molecule has 3 heteroatoms. The number of allylic oxidation sites excluding steroid dienone is 2. The Kier molecular flexibility index (Phi) is 7.15. The van der Waals surface area contributed by atoms with Gasteiger partial charge >= 0.3 is 0 Å². The van der Waals surface area contributed by atoms with E-state index in [1.807, 2.05) is 12.2 Å². The standard InChI is InChI=1S/C10H19N3/c1-4-9(2)5-6-10(12-3)7-13-8-11/h5-6,13H,2,4,7-8,11H2,1,3H3. The van der Waals surface area contributed by atoms with Crippen molar-refractivity contribution in [1.29, 1.82) is 0 Å². The highest BCUT2D eigenvalue weighted by Gasteiger charge is 1.91. The van der Waals surface area contributed by atoms with Crippen LogP contribution in [0.2, 0.25) is 0 Å². The predicted molar refractivity (Wildman–Crippen MR) is 59.0 cm³/mol. The predicted octanol–water partition coefficient (Wildman–Crippen LogP) is 1.09. The molecule has 0 aromatic rings. The van der Waals surface area contributed by atoms with E-state index >= 15 is 0 Å². The zero-order valence-corrected chi connectivity index (χ0v) is 8.51. The van der Waals surface area contributed by atoms with Gasteiger partial charge in [0.2, 0.25) is 0 Å². The molecule has 0 heterocycles. The molecule has 0 aromatic heterocycles. The fourth-order valence-electron chi connectivity index (χ4n) is 0.745. The molecule has 0 bridgehead atoms. The average molecular weight is 181 g/mol. The summed E-state index contributed by atoms with van der Waals surface area (Å²) in [6, 6.07) is 0. The van der Waals surface area contributed by atoms with Crippen LogP contribution in [-0.2, 0) is 0 Å². The van der Waals surface area contributed by atoms with Gasteiger partial charge in [-0.25, -0.2) is 0 Å². The second-order valence-corrected chi connectivity index (χ2v) is 2.69. The molecule has 0 atom stereocenters. The Morgan fingerprint density at radius 3 is 2.69 bits per heavy atom. The van der Waals surface area contributed by atoms with E-state index in [0.29, 0.717) is 13.2 Å². The van der Waals surface area contributed by atoms with Crippen molar-refractivity contribution in [3.63, 3.8) is 0 Å². The van der Waals surface area contributed by atoms with Crippen LogP contribution in [0.5, 0.6) is 0 Å². The van der Waals surface area contributed by atoms with E-state index in [0.717, 1.165) is 17.7 Å². The largest absolute Gasteiger partial charge is 0.318 e. The normalized spacial score (nSPS) is 12.4. The van der Waals surface area contributed by atoms with E-state index in [2.05, 4.69) is 23.8 Å². The fraction of sp³-hybridized carbons (Fsp3) is 0.500. The zero-order chi connectivity index (χ0) is 10.1. The van der Waals surface area contributed by atoms with E-state index in [1.165, 1.54) is 0 Å². The molecule has 3 N–H and O–H groups in total. The van der Waals surface area contributed by atoms with Crippen molar-refractivity contribution >= 4 is 5.71 Å². The van der Waals surface area contributed by atoms with Gasteiger partial charge in [-0.3, -0.25) is 10.3 Å². The summed E-state index contributed by atoms with van der Waals surface area (Å²) in [6.45, 7) is 7.13. The molecule has 0 aromatic carbocycles. The fourth-order valence-corrected chi connectivity index (χ4v) is 0.745. The van der Waals surface area contributed by atoms with E-state index in [9.17, 15) is 0 Å². The van der Waals surface area contributed by atoms with Crippen molar-refractivity contribution in [1.82, 2.24) is 5.32 Å². The van der Waals surface area contributed by atoms with Gasteiger partial charge in [0.05, 0.1) is 0 Å². The van der Waals surface area contributed by atoms with Gasteiger partial charge in [-0.05, 0) is 12.5 Å². The number of hydrogen-bond donors (Lipinski definition) is 2. The Morgan fingerprint density at radius 1 is 1.54 bits per heavy atom. The van der Waals surface area contributed by atoms with Crippen LogP contribution < -0.4 is 11.1 Å². The SMILES string of the molecule is C=C(C=CC(CNCN)=NC)CC. The van der Waals surface area contributed by atoms with Gasteiger partial charge in [0.15, 0.2) is 0 Å². The van der Waals surface area contributed by atoms with Crippen LogP contribution in [0, 0.1) is 0 Å². The number of nitrogens with one attached hydrogen (secondary N) is 1. The van der Waals surface area contributed by atoms with Crippen molar-refractivity contribution in [3.05, 3.63) is 24.3 Å². The lowest BCUT2D eigenvalue weighted by atomic mass is 10.2. The van der Waals surface area contributed by atoms with Crippen LogP contribution in [0.1, 0.15) is 13.3 Å². The first-order valence-corrected chi connectivity index (χ1v) is 4.46. The molecule has 0 aliphatic carbocycles. The molecular formula is C10H19N3. The molecule has 0 aliphatic heterocycles. The molecule has 0 saturated carbocycles. The molecule has 0 unspecified atom stereocenters. The maximum atomic E-state index is 5.31. The molecule has 0 spiro atoms. The van der Waals surface area contributed by atoms with E-state index in [-0.39, 0.29) is 0 Å². The number of aliphatic imine (C=N–C) groups is 1. The molecule has 3 nitrogen and oxygen atoms in total. The van der Waals surface area contributed by atoms with Gasteiger partial charge in [-0.2, -0.15) is 0 Å². The van der Waals surface area contributed by atoms with Gasteiger partial charge in [-0.15, -0.1) is 0 Å². The van der Waals surface area contributed by atoms with Crippen LogP contribution in [0.4, 0.5) is 0 Å². The van der Waals surface area contributed by atoms with Gasteiger partial charge in [0.25, 0.3) is 0 Å². The summed E-state index contributed by atoms with van der Waals surface area (Å²) < 4.78 is 0. The average Bonchev–Trinajstić information content (AvgIpc) is 2.17. The van der Waals surface area contributed by atoms with Crippen LogP contribution in [-0.4, -0.2) is 26.0 Å². The molecule has 74 valence electrons. The smallest absolute Gasteiger partial charge is 0.0483 e. The van der Waals surface area contributed by atoms with E-state index in [1.54, 1.807) is 7.05 Å². The Hall–Kier alpha value is -0.930. The number of hydrogen-bond acceptors (Lipinski definition) is 3. The summed E-state index contributed by atoms with van der Waals surface area (Å²) in [5.41, 5.74) is 7.40. The van der Waals surface area contributed by atoms with Crippen LogP contribution in [0.15, 0.2) is 29.3 Å². The van der Waals surface area contributed by atoms with Crippen molar-refractivity contribution in [2.24, 2.45) is 10.7 Å². The first kappa shape index (κ1) is 12.1. The second-order valence-electron chi connectivity index (χ2n) is 2.69. The van der Waals surface area contributed by atoms with Crippen molar-refractivity contribution < 1.29 is 0 Å². The monoisotopic (exact) mass is 181 g/mol. The minimum absolute atomic E-state index is 0.474. The number of nitrogens with zero attached hydrogens (tertiary/aromatic N) is 1. The van der Waals surface area contributed by atoms with Gasteiger partial charge in [-0.1, -0.05) is 25.2 Å². The Labute approximate surface area is 80.4 Å². The molecule has 0 radical (unpaired) electrons. The molecule has 0 saturated heterocycles. The molecule has 0 fully saturated rings. The van der Waals surface area contributed by atoms with Crippen molar-refractivity contribution in [2.45, 2.75) is 13.3 Å². The first-order chi connectivity index (χ1) is 6.24. The second kappa shape index (κ2) is 7.71. The highest BCUT2D eigenvalue weighted by molar-refractivity contribution is 5.96. The van der Waals surface area contributed by atoms with Gasteiger partial charge in [0, 0.05) is 26.0 Å². The topological polar surface area (TPSA) is 50.4 Å². The Bertz CT molecular complexity index is 204. The first-order valence-electron chi connectivity index (χ1n) is 4.46. The van der Waals surface area contributed by atoms with Crippen LogP contribution in [0.25, 0.3) is 0 Å². The summed E-state index contributed by atoms with van der Waals surface area (Å²) >= 11 is 0. The maximum absolute atomic E-state index is 5.31. The quantitative estimate of drug-likeness (QED) is 0.366. The molecule has 13 heavy (non-hydrogen) atoms. The van der Waals surface area contributed by atoms with Gasteiger partial charge < -0.3 is 5.73 Å². The van der Waals surface area contributed by atoms with Crippen molar-refractivity contribution in [3.8, 4) is 0 Å². The third-order valence-corrected chi connectivity index (χ3v) is 1.70. The Morgan fingerprint density at radius 2 is 2.23 bits per heavy atom. The molecule has 0 amide bonds. The third kappa shape index (κ3) is 6.25. The Balaban J connectivity index is 3.98. The molecular weight excluding hydrogens is 162 g/mol. The molecule has 0 rings (SSSR count). The minimum Gasteiger partial charge on any atom is -0.318 e. The number of rotatable bonds is 6. The van der Waals surface area contributed by atoms with Crippen LogP contribution in [0.3, 0.4) is 0 Å². The summed E-state index contributed by atoms with van der Waals surface area (Å²) in [7, 11) is 1.77. The third-order valence-electron chi connectivity index (χ3n) is 1.70. The van der Waals surface area contributed by atoms with Crippen molar-refractivity contribution in [2.75, 3.05) is 20.3 Å². The van der Waals surface area contributed by atoms with Crippen LogP contribution >= 0.6 is 0 Å².